The molecule has 0 unspecified atom stereocenters. The smallest absolute Gasteiger partial charge is 0.317 e. The summed E-state index contributed by atoms with van der Waals surface area (Å²) in [6.07, 6.45) is 14.4. The number of aliphatic hydroxyl groups is 2. The van der Waals surface area contributed by atoms with Crippen LogP contribution in [0.15, 0.2) is 42.0 Å². The van der Waals surface area contributed by atoms with Crippen LogP contribution in [-0.2, 0) is 6.42 Å². The first-order valence-electron chi connectivity index (χ1n) is 19.6. The molecule has 1 aromatic carbocycles. The Morgan fingerprint density at radius 3 is 2.32 bits per heavy atom. The van der Waals surface area contributed by atoms with Gasteiger partial charge >= 0.3 is 6.03 Å². The minimum absolute atomic E-state index is 0.0110. The third kappa shape index (κ3) is 7.00. The van der Waals surface area contributed by atoms with E-state index in [-0.39, 0.29) is 29.2 Å². The van der Waals surface area contributed by atoms with Crippen molar-refractivity contribution >= 4 is 23.2 Å². The van der Waals surface area contributed by atoms with Crippen molar-refractivity contribution in [1.29, 1.82) is 0 Å². The van der Waals surface area contributed by atoms with E-state index in [1.54, 1.807) is 0 Å². The summed E-state index contributed by atoms with van der Waals surface area (Å²) in [6, 6.07) is 10.1. The van der Waals surface area contributed by atoms with Crippen molar-refractivity contribution in [2.45, 2.75) is 142 Å². The van der Waals surface area contributed by atoms with E-state index < -0.39 is 17.1 Å². The molecular formula is C43H60N2O4S. The number of hydrogen-bond donors (Lipinski definition) is 3. The maximum Gasteiger partial charge on any atom is 0.317 e. The largest absolute Gasteiger partial charge is 0.393 e. The number of urea groups is 1. The van der Waals surface area contributed by atoms with Crippen LogP contribution >= 0.6 is 11.3 Å². The fourth-order valence-corrected chi connectivity index (χ4v) is 12.4. The second kappa shape index (κ2) is 13.8. The van der Waals surface area contributed by atoms with Crippen molar-refractivity contribution < 1.29 is 19.8 Å². The van der Waals surface area contributed by atoms with Crippen molar-refractivity contribution in [3.05, 3.63) is 68.4 Å². The number of nitrogens with one attached hydrogen (secondary N) is 1. The van der Waals surface area contributed by atoms with Gasteiger partial charge in [-0.3, -0.25) is 4.79 Å². The van der Waals surface area contributed by atoms with Crippen LogP contribution in [0.3, 0.4) is 0 Å². The quantitative estimate of drug-likeness (QED) is 0.199. The van der Waals surface area contributed by atoms with Crippen LogP contribution in [-0.4, -0.2) is 57.8 Å². The Balaban J connectivity index is 1.27. The van der Waals surface area contributed by atoms with Crippen LogP contribution in [0.4, 0.5) is 4.79 Å². The number of fused-ring (bicyclic) bond motifs is 8. The van der Waals surface area contributed by atoms with Crippen molar-refractivity contribution in [2.75, 3.05) is 13.1 Å². The van der Waals surface area contributed by atoms with E-state index in [1.165, 1.54) is 55.4 Å². The molecule has 5 fully saturated rings. The molecule has 3 N–H and O–H groups in total. The van der Waals surface area contributed by atoms with Gasteiger partial charge in [-0.15, -0.1) is 11.3 Å². The summed E-state index contributed by atoms with van der Waals surface area (Å²) < 4.78 is 0. The zero-order valence-electron chi connectivity index (χ0n) is 31.1. The molecule has 7 heteroatoms. The molecule has 5 saturated carbocycles. The zero-order chi connectivity index (χ0) is 35.4. The molecule has 7 aliphatic rings. The van der Waals surface area contributed by atoms with Crippen LogP contribution in [0.2, 0.25) is 0 Å². The summed E-state index contributed by atoms with van der Waals surface area (Å²) >= 11 is 1.52. The highest BCUT2D eigenvalue weighted by atomic mass is 32.1. The van der Waals surface area contributed by atoms with Crippen molar-refractivity contribution in [1.82, 2.24) is 10.2 Å². The normalized spacial score (nSPS) is 35.1. The van der Waals surface area contributed by atoms with E-state index in [0.29, 0.717) is 31.4 Å². The van der Waals surface area contributed by atoms with Gasteiger partial charge in [0.1, 0.15) is 0 Å². The van der Waals surface area contributed by atoms with Crippen molar-refractivity contribution in [3.8, 4) is 0 Å². The molecule has 1 heterocycles. The van der Waals surface area contributed by atoms with E-state index in [1.807, 2.05) is 43.9 Å². The third-order valence-electron chi connectivity index (χ3n) is 13.7. The maximum atomic E-state index is 14.3. The zero-order valence-corrected chi connectivity index (χ0v) is 31.9. The number of hydrogen-bond acceptors (Lipinski definition) is 5. The number of allylic oxidation sites excluding steroid dienone is 2. The number of nitrogens with zero attached hydrogens (tertiary/aromatic N) is 1. The molecule has 50 heavy (non-hydrogen) atoms. The number of carbonyl (C=O) groups is 2. The fraction of sp³-hybridized carbons (Fsp3) is 0.674. The van der Waals surface area contributed by atoms with E-state index in [2.05, 4.69) is 37.4 Å². The molecule has 272 valence electrons. The van der Waals surface area contributed by atoms with Crippen molar-refractivity contribution in [3.63, 3.8) is 0 Å². The number of ketones is 1. The lowest BCUT2D eigenvalue weighted by atomic mass is 9.49. The highest BCUT2D eigenvalue weighted by molar-refractivity contribution is 7.14. The van der Waals surface area contributed by atoms with Gasteiger partial charge in [0.25, 0.3) is 0 Å². The molecule has 2 aromatic rings. The first-order chi connectivity index (χ1) is 23.7. The molecule has 0 spiro atoms. The van der Waals surface area contributed by atoms with Crippen LogP contribution in [0.5, 0.6) is 0 Å². The average Bonchev–Trinajstić information content (AvgIpc) is 3.58. The number of carbonyl (C=O) groups excluding carboxylic acids is 2. The number of aliphatic hydroxyl groups excluding tert-OH is 1. The molecule has 0 radical (unpaired) electrons. The molecule has 9 rings (SSSR count). The number of benzene rings is 1. The predicted molar refractivity (Wildman–Crippen MR) is 202 cm³/mol. The highest BCUT2D eigenvalue weighted by Gasteiger charge is 2.59. The molecule has 6 bridgehead atoms. The first kappa shape index (κ1) is 35.9. The lowest BCUT2D eigenvalue weighted by Gasteiger charge is -2.58. The van der Waals surface area contributed by atoms with Gasteiger partial charge in [-0.2, -0.15) is 0 Å². The van der Waals surface area contributed by atoms with Gasteiger partial charge in [-0.1, -0.05) is 30.7 Å². The summed E-state index contributed by atoms with van der Waals surface area (Å²) in [5.74, 6) is 2.33. The summed E-state index contributed by atoms with van der Waals surface area (Å²) in [5.41, 5.74) is 2.38. The van der Waals surface area contributed by atoms with E-state index in [4.69, 9.17) is 0 Å². The number of rotatable bonds is 7. The van der Waals surface area contributed by atoms with Gasteiger partial charge in [-0.05, 0) is 170 Å². The summed E-state index contributed by atoms with van der Waals surface area (Å²) in [6.45, 7) is 11.5. The SMILES string of the molecule is CC1=CCC[C@@]2(C)[C@@H](CC[C@@]2(O)CN(CC23CC4CC(CC(C4)C2)C3)C(=O)NC(C)C)c2ccc(cc2C(=O)c2ccc(C)s2)C[C@@H](O)CC1. The first-order valence-corrected chi connectivity index (χ1v) is 20.4. The number of amides is 2. The Hall–Kier alpha value is -2.48. The second-order valence-corrected chi connectivity index (χ2v) is 19.4. The molecule has 1 aromatic heterocycles. The molecule has 0 aliphatic heterocycles. The number of thiophene rings is 1. The third-order valence-corrected chi connectivity index (χ3v) is 14.7. The van der Waals surface area contributed by atoms with Gasteiger partial charge in [-0.25, -0.2) is 4.79 Å². The Labute approximate surface area is 304 Å². The summed E-state index contributed by atoms with van der Waals surface area (Å²) in [7, 11) is 0. The average molecular weight is 701 g/mol. The van der Waals surface area contributed by atoms with E-state index >= 15 is 0 Å². The Morgan fingerprint density at radius 2 is 1.68 bits per heavy atom. The van der Waals surface area contributed by atoms with Crippen LogP contribution in [0.1, 0.15) is 142 Å². The lowest BCUT2D eigenvalue weighted by Crippen LogP contribution is -2.59. The van der Waals surface area contributed by atoms with Gasteiger partial charge in [0.2, 0.25) is 5.78 Å². The Bertz CT molecular complexity index is 1590. The number of aryl methyl sites for hydroxylation is 1. The highest BCUT2D eigenvalue weighted by Crippen LogP contribution is 2.62. The standard InChI is InChI=1S/C43H60N2O4S/c1-27(2)44-40(48)45(25-42-22-31-17-32(23-42)19-33(18-31)24-42)26-43(49)16-14-37-35-12-10-30(21-36(35)39(47)38-13-9-29(4)50-38)20-34(46)11-8-28(3)7-6-15-41(37,43)5/h7,9-10,12-13,21,27,31-34,37,46,49H,6,8,11,14-20,22-26H2,1-5H3,(H,44,48)/t31?,32?,33?,34-,37-,41-,42?,43+/m0/s1. The van der Waals surface area contributed by atoms with Gasteiger partial charge < -0.3 is 20.4 Å². The van der Waals surface area contributed by atoms with Crippen LogP contribution in [0, 0.1) is 35.5 Å². The van der Waals surface area contributed by atoms with E-state index in [0.717, 1.165) is 70.9 Å². The summed E-state index contributed by atoms with van der Waals surface area (Å²) in [5, 5.41) is 27.4. The minimum Gasteiger partial charge on any atom is -0.393 e. The predicted octanol–water partition coefficient (Wildman–Crippen LogP) is 8.96. The Kier molecular flexibility index (Phi) is 9.92. The van der Waals surface area contributed by atoms with Crippen LogP contribution < -0.4 is 5.32 Å². The monoisotopic (exact) mass is 700 g/mol. The molecule has 2 amide bonds. The summed E-state index contributed by atoms with van der Waals surface area (Å²) in [4.78, 5) is 32.3. The lowest BCUT2D eigenvalue weighted by molar-refractivity contribution is -0.0985. The maximum absolute atomic E-state index is 14.3. The molecule has 0 saturated heterocycles. The fourth-order valence-electron chi connectivity index (χ4n) is 11.6. The molecule has 7 aliphatic carbocycles. The van der Waals surface area contributed by atoms with Gasteiger partial charge in [0.15, 0.2) is 0 Å². The van der Waals surface area contributed by atoms with Gasteiger partial charge in [0, 0.05) is 28.4 Å². The molecular weight excluding hydrogens is 641 g/mol. The van der Waals surface area contributed by atoms with Crippen LogP contribution in [0.25, 0.3) is 0 Å². The van der Waals surface area contributed by atoms with E-state index in [9.17, 15) is 19.8 Å². The minimum atomic E-state index is -1.12. The topological polar surface area (TPSA) is 89.9 Å². The Morgan fingerprint density at radius 1 is 0.980 bits per heavy atom. The molecule has 6 nitrogen and oxygen atoms in total. The second-order valence-electron chi connectivity index (χ2n) is 18.1. The molecule has 4 atom stereocenters. The van der Waals surface area contributed by atoms with Crippen molar-refractivity contribution in [2.24, 2.45) is 28.6 Å². The van der Waals surface area contributed by atoms with Gasteiger partial charge in [0.05, 0.1) is 23.1 Å².